The van der Waals surface area contributed by atoms with Gasteiger partial charge >= 0.3 is 24.1 Å². The molecule has 220 valence electrons. The lowest BCUT2D eigenvalue weighted by Crippen LogP contribution is -2.39. The Balaban J connectivity index is 2.98. The fourth-order valence-corrected chi connectivity index (χ4v) is 3.20. The van der Waals surface area contributed by atoms with Crippen LogP contribution in [0, 0.1) is 10.8 Å². The molecule has 0 unspecified atom stereocenters. The van der Waals surface area contributed by atoms with Crippen LogP contribution in [0.4, 0.5) is 4.79 Å². The summed E-state index contributed by atoms with van der Waals surface area (Å²) in [5, 5.41) is 0. The van der Waals surface area contributed by atoms with Crippen LogP contribution >= 0.6 is 0 Å². The molecular formula is C29H45NO9. The van der Waals surface area contributed by atoms with Crippen LogP contribution in [-0.4, -0.2) is 48.4 Å². The van der Waals surface area contributed by atoms with E-state index in [1.54, 1.807) is 33.8 Å². The summed E-state index contributed by atoms with van der Waals surface area (Å²) in [7, 11) is 0. The van der Waals surface area contributed by atoms with Crippen molar-refractivity contribution in [1.82, 2.24) is 0 Å². The van der Waals surface area contributed by atoms with Gasteiger partial charge in [-0.05, 0) is 62.6 Å². The fourth-order valence-electron chi connectivity index (χ4n) is 3.20. The summed E-state index contributed by atoms with van der Waals surface area (Å²) < 4.78 is 26.5. The number of benzene rings is 1. The van der Waals surface area contributed by atoms with Gasteiger partial charge in [-0.15, -0.1) is 0 Å². The van der Waals surface area contributed by atoms with Crippen molar-refractivity contribution in [3.63, 3.8) is 0 Å². The maximum Gasteiger partial charge on any atom is 0.508 e. The van der Waals surface area contributed by atoms with E-state index in [2.05, 4.69) is 0 Å². The number of esters is 3. The average Bonchev–Trinajstić information content (AvgIpc) is 2.71. The van der Waals surface area contributed by atoms with Crippen LogP contribution in [0.2, 0.25) is 0 Å². The summed E-state index contributed by atoms with van der Waals surface area (Å²) in [5.74, 6) is -1.51. The lowest BCUT2D eigenvalue weighted by molar-refractivity contribution is -0.155. The van der Waals surface area contributed by atoms with E-state index in [0.717, 1.165) is 0 Å². The van der Waals surface area contributed by atoms with E-state index in [0.29, 0.717) is 5.56 Å². The smallest absolute Gasteiger partial charge is 0.458 e. The minimum absolute atomic E-state index is 0.0518. The molecule has 0 fully saturated rings. The molecule has 0 radical (unpaired) electrons. The van der Waals surface area contributed by atoms with Gasteiger partial charge in [-0.1, -0.05) is 47.6 Å². The maximum absolute atomic E-state index is 12.6. The van der Waals surface area contributed by atoms with Crippen molar-refractivity contribution in [1.29, 1.82) is 0 Å². The van der Waals surface area contributed by atoms with Crippen molar-refractivity contribution in [3.05, 3.63) is 23.8 Å². The van der Waals surface area contributed by atoms with E-state index in [1.807, 2.05) is 41.5 Å². The Labute approximate surface area is 231 Å². The van der Waals surface area contributed by atoms with Gasteiger partial charge in [0.1, 0.15) is 18.2 Å². The third-order valence-electron chi connectivity index (χ3n) is 5.14. The molecule has 39 heavy (non-hydrogen) atoms. The second kappa shape index (κ2) is 14.3. The van der Waals surface area contributed by atoms with Gasteiger partial charge < -0.3 is 29.4 Å². The Kier molecular flexibility index (Phi) is 12.4. The van der Waals surface area contributed by atoms with E-state index in [1.165, 1.54) is 12.1 Å². The Morgan fingerprint density at radius 1 is 0.744 bits per heavy atom. The highest BCUT2D eigenvalue weighted by Gasteiger charge is 2.26. The SMILES string of the molecule is CC(C)OC(=O)O[C@@H](C)[C@H](C)OC(=O)[C@@H](N)Cc1ccc(OC(=O)CC(C)(C)C)c(OC(=O)CC(C)(C)C)c1. The second-order valence-electron chi connectivity index (χ2n) is 12.4. The molecule has 10 heteroatoms. The lowest BCUT2D eigenvalue weighted by atomic mass is 9.92. The van der Waals surface area contributed by atoms with Gasteiger partial charge in [0.15, 0.2) is 11.5 Å². The summed E-state index contributed by atoms with van der Waals surface area (Å²) >= 11 is 0. The Morgan fingerprint density at radius 3 is 1.72 bits per heavy atom. The minimum Gasteiger partial charge on any atom is -0.458 e. The van der Waals surface area contributed by atoms with Gasteiger partial charge in [0.2, 0.25) is 0 Å². The van der Waals surface area contributed by atoms with E-state index < -0.39 is 42.3 Å². The summed E-state index contributed by atoms with van der Waals surface area (Å²) in [6, 6.07) is 3.59. The van der Waals surface area contributed by atoms with Crippen LogP contribution in [-0.2, 0) is 35.0 Å². The van der Waals surface area contributed by atoms with Crippen molar-refractivity contribution in [2.75, 3.05) is 0 Å². The van der Waals surface area contributed by atoms with Crippen LogP contribution in [0.1, 0.15) is 87.6 Å². The molecule has 2 N–H and O–H groups in total. The molecule has 0 heterocycles. The molecule has 1 aromatic carbocycles. The van der Waals surface area contributed by atoms with Crippen LogP contribution in [0.3, 0.4) is 0 Å². The molecule has 0 amide bonds. The number of hydrogen-bond donors (Lipinski definition) is 1. The molecule has 10 nitrogen and oxygen atoms in total. The number of ether oxygens (including phenoxy) is 5. The molecule has 0 saturated heterocycles. The van der Waals surface area contributed by atoms with E-state index in [-0.39, 0.29) is 47.7 Å². The highest BCUT2D eigenvalue weighted by atomic mass is 16.7. The zero-order valence-electron chi connectivity index (χ0n) is 24.9. The lowest BCUT2D eigenvalue weighted by Gasteiger charge is -2.22. The Bertz CT molecular complexity index is 1000. The van der Waals surface area contributed by atoms with Crippen molar-refractivity contribution < 1.29 is 42.9 Å². The van der Waals surface area contributed by atoms with Crippen LogP contribution in [0.25, 0.3) is 0 Å². The molecule has 3 atom stereocenters. The Morgan fingerprint density at radius 2 is 1.23 bits per heavy atom. The van der Waals surface area contributed by atoms with Gasteiger partial charge in [-0.3, -0.25) is 14.4 Å². The first-order valence-electron chi connectivity index (χ1n) is 13.1. The summed E-state index contributed by atoms with van der Waals surface area (Å²) in [4.78, 5) is 49.3. The predicted octanol–water partition coefficient (Wildman–Crippen LogP) is 5.12. The zero-order chi connectivity index (χ0) is 30.1. The quantitative estimate of drug-likeness (QED) is 0.291. The van der Waals surface area contributed by atoms with Crippen LogP contribution < -0.4 is 15.2 Å². The largest absolute Gasteiger partial charge is 0.508 e. The van der Waals surface area contributed by atoms with Crippen LogP contribution in [0.5, 0.6) is 11.5 Å². The van der Waals surface area contributed by atoms with E-state index in [9.17, 15) is 19.2 Å². The first-order valence-corrected chi connectivity index (χ1v) is 13.1. The fraction of sp³-hybridized carbons (Fsp3) is 0.655. The third kappa shape index (κ3) is 14.0. The second-order valence-corrected chi connectivity index (χ2v) is 12.4. The van der Waals surface area contributed by atoms with Crippen molar-refractivity contribution in [2.45, 2.75) is 113 Å². The monoisotopic (exact) mass is 551 g/mol. The van der Waals surface area contributed by atoms with Crippen LogP contribution in [0.15, 0.2) is 18.2 Å². The van der Waals surface area contributed by atoms with Crippen molar-refractivity contribution >= 4 is 24.1 Å². The molecular weight excluding hydrogens is 506 g/mol. The molecule has 1 aromatic rings. The Hall–Kier alpha value is -3.14. The molecule has 0 saturated carbocycles. The minimum atomic E-state index is -1.06. The van der Waals surface area contributed by atoms with Gasteiger partial charge in [0.05, 0.1) is 18.9 Å². The number of carbonyl (C=O) groups excluding carboxylic acids is 4. The first kappa shape index (κ1) is 33.9. The number of nitrogens with two attached hydrogens (primary N) is 1. The molecule has 0 aliphatic carbocycles. The van der Waals surface area contributed by atoms with Gasteiger partial charge in [0, 0.05) is 0 Å². The van der Waals surface area contributed by atoms with Crippen molar-refractivity contribution in [2.24, 2.45) is 16.6 Å². The molecule has 0 aliphatic rings. The predicted molar refractivity (Wildman–Crippen MR) is 145 cm³/mol. The van der Waals surface area contributed by atoms with E-state index in [4.69, 9.17) is 29.4 Å². The zero-order valence-corrected chi connectivity index (χ0v) is 24.9. The highest BCUT2D eigenvalue weighted by Crippen LogP contribution is 2.32. The number of carbonyl (C=O) groups is 4. The summed E-state index contributed by atoms with van der Waals surface area (Å²) in [6.45, 7) is 18.0. The maximum atomic E-state index is 12.6. The normalized spacial score (nSPS) is 14.2. The van der Waals surface area contributed by atoms with Crippen molar-refractivity contribution in [3.8, 4) is 11.5 Å². The first-order chi connectivity index (χ1) is 17.8. The molecule has 0 bridgehead atoms. The highest BCUT2D eigenvalue weighted by molar-refractivity contribution is 5.78. The van der Waals surface area contributed by atoms with Gasteiger partial charge in [0.25, 0.3) is 0 Å². The topological polar surface area (TPSA) is 140 Å². The molecule has 0 spiro atoms. The summed E-state index contributed by atoms with van der Waals surface area (Å²) in [5.41, 5.74) is 6.05. The third-order valence-corrected chi connectivity index (χ3v) is 5.14. The average molecular weight is 552 g/mol. The van der Waals surface area contributed by atoms with Gasteiger partial charge in [-0.2, -0.15) is 0 Å². The molecule has 0 aliphatic heterocycles. The summed E-state index contributed by atoms with van der Waals surface area (Å²) in [6.07, 6.45) is -2.39. The van der Waals surface area contributed by atoms with E-state index >= 15 is 0 Å². The van der Waals surface area contributed by atoms with Gasteiger partial charge in [-0.25, -0.2) is 4.79 Å². The molecule has 0 aromatic heterocycles. The standard InChI is InChI=1S/C29H45NO9/c1-17(2)35-27(34)37-19(4)18(3)36-26(33)21(30)13-20-11-12-22(38-24(31)15-28(5,6)7)23(14-20)39-25(32)16-29(8,9)10/h11-12,14,17-19,21H,13,15-16,30H2,1-10H3/t18-,19-,21-/m0/s1. The molecule has 1 rings (SSSR count). The number of hydrogen-bond acceptors (Lipinski definition) is 10. The number of rotatable bonds is 11.